The normalized spacial score (nSPS) is 12.2. The van der Waals surface area contributed by atoms with Crippen LogP contribution in [0.3, 0.4) is 0 Å². The smallest absolute Gasteiger partial charge is 0.320 e. The Morgan fingerprint density at radius 3 is 2.58 bits per heavy atom. The highest BCUT2D eigenvalue weighted by Crippen LogP contribution is 1.92. The van der Waals surface area contributed by atoms with E-state index in [4.69, 9.17) is 10.8 Å². The minimum absolute atomic E-state index is 0.112. The molecule has 0 saturated heterocycles. The third kappa shape index (κ3) is 5.67. The molecule has 5 heteroatoms. The molecule has 70 valence electrons. The van der Waals surface area contributed by atoms with Gasteiger partial charge in [-0.25, -0.2) is 0 Å². The van der Waals surface area contributed by atoms with Crippen LogP contribution in [0.25, 0.3) is 0 Å². The molecule has 0 fully saturated rings. The lowest BCUT2D eigenvalue weighted by atomic mass is 10.2. The van der Waals surface area contributed by atoms with Gasteiger partial charge in [-0.15, -0.1) is 0 Å². The summed E-state index contributed by atoms with van der Waals surface area (Å²) < 4.78 is 0. The van der Waals surface area contributed by atoms with Crippen molar-refractivity contribution in [2.75, 3.05) is 6.54 Å². The number of carbonyl (C=O) groups is 2. The van der Waals surface area contributed by atoms with Gasteiger partial charge in [-0.05, 0) is 12.8 Å². The van der Waals surface area contributed by atoms with Gasteiger partial charge in [0.1, 0.15) is 6.04 Å². The number of nitrogens with two attached hydrogens (primary N) is 1. The maximum atomic E-state index is 10.4. The van der Waals surface area contributed by atoms with E-state index in [0.29, 0.717) is 19.4 Å². The van der Waals surface area contributed by atoms with Crippen molar-refractivity contribution in [1.29, 1.82) is 0 Å². The first kappa shape index (κ1) is 10.9. The summed E-state index contributed by atoms with van der Waals surface area (Å²) in [5.74, 6) is -1.11. The van der Waals surface area contributed by atoms with Crippen LogP contribution in [0.15, 0.2) is 0 Å². The fourth-order valence-electron chi connectivity index (χ4n) is 0.710. The van der Waals surface area contributed by atoms with Crippen molar-refractivity contribution >= 4 is 11.9 Å². The summed E-state index contributed by atoms with van der Waals surface area (Å²) in [6.07, 6.45) is 0.975. The second-order valence-electron chi connectivity index (χ2n) is 2.57. The van der Waals surface area contributed by atoms with Crippen LogP contribution < -0.4 is 11.1 Å². The predicted molar refractivity (Wildman–Crippen MR) is 43.5 cm³/mol. The van der Waals surface area contributed by atoms with Gasteiger partial charge < -0.3 is 16.2 Å². The lowest BCUT2D eigenvalue weighted by Crippen LogP contribution is -2.31. The Morgan fingerprint density at radius 1 is 1.58 bits per heavy atom. The third-order valence-corrected chi connectivity index (χ3v) is 1.38. The van der Waals surface area contributed by atoms with Crippen molar-refractivity contribution < 1.29 is 14.7 Å². The largest absolute Gasteiger partial charge is 0.480 e. The van der Waals surface area contributed by atoms with Crippen LogP contribution in [0.1, 0.15) is 19.8 Å². The molecule has 0 aliphatic carbocycles. The van der Waals surface area contributed by atoms with Gasteiger partial charge in [-0.1, -0.05) is 0 Å². The van der Waals surface area contributed by atoms with Gasteiger partial charge in [-0.2, -0.15) is 0 Å². The molecule has 0 spiro atoms. The zero-order chi connectivity index (χ0) is 9.56. The van der Waals surface area contributed by atoms with Crippen molar-refractivity contribution in [3.8, 4) is 0 Å². The fourth-order valence-corrected chi connectivity index (χ4v) is 0.710. The van der Waals surface area contributed by atoms with Gasteiger partial charge in [0.15, 0.2) is 0 Å². The van der Waals surface area contributed by atoms with E-state index in [2.05, 4.69) is 5.32 Å². The minimum atomic E-state index is -1.00. The van der Waals surface area contributed by atoms with Crippen molar-refractivity contribution in [3.05, 3.63) is 0 Å². The van der Waals surface area contributed by atoms with Crippen molar-refractivity contribution in [2.45, 2.75) is 25.8 Å². The fraction of sp³-hybridized carbons (Fsp3) is 0.714. The topological polar surface area (TPSA) is 92.4 Å². The first-order valence-electron chi connectivity index (χ1n) is 3.77. The summed E-state index contributed by atoms with van der Waals surface area (Å²) in [4.78, 5) is 20.6. The Bertz CT molecular complexity index is 170. The highest BCUT2D eigenvalue weighted by molar-refractivity contribution is 5.73. The molecule has 0 unspecified atom stereocenters. The molecular formula is C7H14N2O3. The molecule has 0 aliphatic rings. The van der Waals surface area contributed by atoms with Crippen LogP contribution in [0.4, 0.5) is 0 Å². The van der Waals surface area contributed by atoms with Crippen LogP contribution in [-0.2, 0) is 9.59 Å². The van der Waals surface area contributed by atoms with Gasteiger partial charge in [0.2, 0.25) is 5.91 Å². The molecule has 0 aromatic heterocycles. The molecule has 0 bridgehead atoms. The lowest BCUT2D eigenvalue weighted by molar-refractivity contribution is -0.138. The predicted octanol–water partition coefficient (Wildman–Crippen LogP) is -0.685. The number of hydrogen-bond acceptors (Lipinski definition) is 3. The standard InChI is InChI=1S/C7H14N2O3/c1-5(10)9-4-2-3-6(8)7(11)12/h6H,2-4,8H2,1H3,(H,9,10)(H,11,12)/t6-/m1/s1. The monoisotopic (exact) mass is 174 g/mol. The number of rotatable bonds is 5. The van der Waals surface area contributed by atoms with Crippen LogP contribution in [-0.4, -0.2) is 29.6 Å². The maximum absolute atomic E-state index is 10.4. The van der Waals surface area contributed by atoms with Gasteiger partial charge in [0, 0.05) is 13.5 Å². The van der Waals surface area contributed by atoms with Gasteiger partial charge in [0.25, 0.3) is 0 Å². The quantitative estimate of drug-likeness (QED) is 0.481. The van der Waals surface area contributed by atoms with Gasteiger partial charge in [-0.3, -0.25) is 9.59 Å². The van der Waals surface area contributed by atoms with E-state index in [0.717, 1.165) is 0 Å². The Labute approximate surface area is 70.9 Å². The van der Waals surface area contributed by atoms with Gasteiger partial charge >= 0.3 is 5.97 Å². The zero-order valence-electron chi connectivity index (χ0n) is 7.04. The van der Waals surface area contributed by atoms with E-state index in [1.807, 2.05) is 0 Å². The highest BCUT2D eigenvalue weighted by Gasteiger charge is 2.09. The van der Waals surface area contributed by atoms with Crippen molar-refractivity contribution in [2.24, 2.45) is 5.73 Å². The van der Waals surface area contributed by atoms with E-state index in [1.165, 1.54) is 6.92 Å². The van der Waals surface area contributed by atoms with Crippen LogP contribution >= 0.6 is 0 Å². The average Bonchev–Trinajstić information content (AvgIpc) is 1.97. The molecule has 1 atom stereocenters. The van der Waals surface area contributed by atoms with Crippen LogP contribution in [0.2, 0.25) is 0 Å². The summed E-state index contributed by atoms with van der Waals surface area (Å²) in [7, 11) is 0. The lowest BCUT2D eigenvalue weighted by Gasteiger charge is -2.05. The van der Waals surface area contributed by atoms with Crippen molar-refractivity contribution in [1.82, 2.24) is 5.32 Å². The number of hydrogen-bond donors (Lipinski definition) is 3. The van der Waals surface area contributed by atoms with Gasteiger partial charge in [0.05, 0.1) is 0 Å². The van der Waals surface area contributed by atoms with E-state index in [9.17, 15) is 9.59 Å². The average molecular weight is 174 g/mol. The number of carboxylic acids is 1. The first-order valence-corrected chi connectivity index (χ1v) is 3.77. The maximum Gasteiger partial charge on any atom is 0.320 e. The number of aliphatic carboxylic acids is 1. The Hall–Kier alpha value is -1.10. The second-order valence-corrected chi connectivity index (χ2v) is 2.57. The molecule has 0 rings (SSSR count). The molecule has 0 saturated carbocycles. The molecule has 5 nitrogen and oxygen atoms in total. The molecule has 0 heterocycles. The summed E-state index contributed by atoms with van der Waals surface area (Å²) in [6.45, 7) is 1.90. The Balaban J connectivity index is 3.31. The number of carboxylic acid groups (broad SMARTS) is 1. The summed E-state index contributed by atoms with van der Waals surface area (Å²) >= 11 is 0. The highest BCUT2D eigenvalue weighted by atomic mass is 16.4. The molecule has 0 aromatic carbocycles. The molecule has 0 aromatic rings. The van der Waals surface area contributed by atoms with Crippen molar-refractivity contribution in [3.63, 3.8) is 0 Å². The summed E-state index contributed by atoms with van der Waals surface area (Å²) in [6, 6.07) is -0.821. The molecule has 0 radical (unpaired) electrons. The number of nitrogens with one attached hydrogen (secondary N) is 1. The summed E-state index contributed by atoms with van der Waals surface area (Å²) in [5.41, 5.74) is 5.22. The SMILES string of the molecule is CC(=O)NCCC[C@@H](N)C(=O)O. The first-order chi connectivity index (χ1) is 5.54. The molecule has 12 heavy (non-hydrogen) atoms. The third-order valence-electron chi connectivity index (χ3n) is 1.38. The van der Waals surface area contributed by atoms with E-state index in [1.54, 1.807) is 0 Å². The zero-order valence-corrected chi connectivity index (χ0v) is 7.04. The Kier molecular flexibility index (Phi) is 5.03. The number of carbonyl (C=O) groups excluding carboxylic acids is 1. The second kappa shape index (κ2) is 5.54. The molecule has 0 aliphatic heterocycles. The van der Waals surface area contributed by atoms with E-state index < -0.39 is 12.0 Å². The molecule has 1 amide bonds. The Morgan fingerprint density at radius 2 is 2.17 bits per heavy atom. The molecule has 4 N–H and O–H groups in total. The van der Waals surface area contributed by atoms with Crippen LogP contribution in [0.5, 0.6) is 0 Å². The number of amides is 1. The summed E-state index contributed by atoms with van der Waals surface area (Å²) in [5, 5.41) is 10.9. The van der Waals surface area contributed by atoms with E-state index >= 15 is 0 Å². The van der Waals surface area contributed by atoms with Crippen LogP contribution in [0, 0.1) is 0 Å². The molecular weight excluding hydrogens is 160 g/mol. The minimum Gasteiger partial charge on any atom is -0.480 e. The van der Waals surface area contributed by atoms with E-state index in [-0.39, 0.29) is 5.91 Å².